The van der Waals surface area contributed by atoms with Crippen LogP contribution in [0.5, 0.6) is 0 Å². The molecule has 0 spiro atoms. The molecule has 53 heavy (non-hydrogen) atoms. The van der Waals surface area contributed by atoms with Gasteiger partial charge in [0.1, 0.15) is 0 Å². The second kappa shape index (κ2) is 33.9. The highest BCUT2D eigenvalue weighted by atomic mass is 15.2. The molecule has 318 valence electrons. The van der Waals surface area contributed by atoms with E-state index in [0.29, 0.717) is 0 Å². The summed E-state index contributed by atoms with van der Waals surface area (Å²) in [5, 5.41) is 0. The van der Waals surface area contributed by atoms with E-state index in [1.807, 2.05) is 0 Å². The molecule has 5 fully saturated rings. The van der Waals surface area contributed by atoms with Gasteiger partial charge in [0.25, 0.3) is 0 Å². The topological polar surface area (TPSA) is 16.2 Å². The zero-order valence-electron chi connectivity index (χ0n) is 38.5. The molecule has 0 saturated carbocycles. The Kier molecular flexibility index (Phi) is 32.5. The third kappa shape index (κ3) is 23.6. The molecular weight excluding hydrogens is 647 g/mol. The first-order valence-corrected chi connectivity index (χ1v) is 24.5. The standard InChI is InChI=1S/C11H23N.2C10H21N.C9H19N.C8H17N/c1-3-8-11(4-2)12-9-6-5-7-10-12;1-3-4-8-11-9-6-5-7-10(11)2;1-3-8-11-9-6-5-7-10(11)4-2;1-3-9(2)10-7-5-4-6-8-10;1-8(2)9-6-4-3-5-7-9/h11H,3-10H2,1-2H3;2*10H,3-9H2,1-2H3;9H,3-8H2,1-2H3;8H,3-7H2,1-2H3. The first-order valence-electron chi connectivity index (χ1n) is 24.5. The number of nitrogens with zero attached hydrogens (tertiary/aromatic N) is 5. The molecule has 5 rings (SSSR count). The van der Waals surface area contributed by atoms with Gasteiger partial charge in [0, 0.05) is 30.2 Å². The van der Waals surface area contributed by atoms with Crippen LogP contribution < -0.4 is 0 Å². The summed E-state index contributed by atoms with van der Waals surface area (Å²) in [5.74, 6) is 0. The van der Waals surface area contributed by atoms with Crippen LogP contribution in [0.15, 0.2) is 0 Å². The van der Waals surface area contributed by atoms with E-state index in [0.717, 1.165) is 30.2 Å². The van der Waals surface area contributed by atoms with Gasteiger partial charge in [0.15, 0.2) is 0 Å². The van der Waals surface area contributed by atoms with E-state index in [-0.39, 0.29) is 0 Å². The highest BCUT2D eigenvalue weighted by Crippen LogP contribution is 2.20. The third-order valence-corrected chi connectivity index (χ3v) is 13.2. The lowest BCUT2D eigenvalue weighted by Crippen LogP contribution is -2.39. The van der Waals surface area contributed by atoms with Crippen LogP contribution in [0.2, 0.25) is 0 Å². The Morgan fingerprint density at radius 2 is 0.981 bits per heavy atom. The predicted molar refractivity (Wildman–Crippen MR) is 240 cm³/mol. The normalized spacial score (nSPS) is 25.0. The van der Waals surface area contributed by atoms with Gasteiger partial charge in [-0.25, -0.2) is 0 Å². The summed E-state index contributed by atoms with van der Waals surface area (Å²) in [4.78, 5) is 13.2. The van der Waals surface area contributed by atoms with Crippen LogP contribution >= 0.6 is 0 Å². The molecule has 0 aromatic carbocycles. The van der Waals surface area contributed by atoms with Crippen molar-refractivity contribution in [2.24, 2.45) is 0 Å². The second-order valence-corrected chi connectivity index (χ2v) is 17.8. The zero-order valence-corrected chi connectivity index (χ0v) is 38.5. The first-order chi connectivity index (χ1) is 25.8. The van der Waals surface area contributed by atoms with E-state index in [2.05, 4.69) is 93.7 Å². The molecule has 5 nitrogen and oxygen atoms in total. The minimum atomic E-state index is 0.769. The maximum atomic E-state index is 2.70. The number of hydrogen-bond donors (Lipinski definition) is 0. The molecule has 5 aliphatic rings. The van der Waals surface area contributed by atoms with Crippen molar-refractivity contribution >= 4 is 0 Å². The summed E-state index contributed by atoms with van der Waals surface area (Å²) in [6.07, 6.45) is 32.3. The van der Waals surface area contributed by atoms with Crippen LogP contribution in [-0.4, -0.2) is 120 Å². The minimum absolute atomic E-state index is 0.769. The van der Waals surface area contributed by atoms with Crippen molar-refractivity contribution in [3.8, 4) is 0 Å². The molecule has 0 aromatic rings. The lowest BCUT2D eigenvalue weighted by molar-refractivity contribution is 0.144. The van der Waals surface area contributed by atoms with Gasteiger partial charge in [-0.3, -0.25) is 0 Å². The van der Waals surface area contributed by atoms with Crippen molar-refractivity contribution in [2.45, 2.75) is 247 Å². The summed E-state index contributed by atoms with van der Waals surface area (Å²) in [6, 6.07) is 4.24. The maximum Gasteiger partial charge on any atom is 0.00926 e. The molecule has 0 N–H and O–H groups in total. The number of hydrogen-bond acceptors (Lipinski definition) is 5. The molecule has 0 aromatic heterocycles. The minimum Gasteiger partial charge on any atom is -0.301 e. The van der Waals surface area contributed by atoms with Crippen LogP contribution in [0.4, 0.5) is 0 Å². The van der Waals surface area contributed by atoms with Crippen LogP contribution in [0.1, 0.15) is 217 Å². The lowest BCUT2D eigenvalue weighted by Gasteiger charge is -2.34. The van der Waals surface area contributed by atoms with E-state index < -0.39 is 0 Å². The average molecular weight is 748 g/mol. The Morgan fingerprint density at radius 3 is 1.42 bits per heavy atom. The van der Waals surface area contributed by atoms with Crippen molar-refractivity contribution in [2.75, 3.05) is 65.4 Å². The van der Waals surface area contributed by atoms with Crippen molar-refractivity contribution < 1.29 is 0 Å². The van der Waals surface area contributed by atoms with Crippen molar-refractivity contribution in [1.82, 2.24) is 24.5 Å². The van der Waals surface area contributed by atoms with Gasteiger partial charge in [0.05, 0.1) is 0 Å². The average Bonchev–Trinajstić information content (AvgIpc) is 3.21. The Balaban J connectivity index is 0.000000332. The van der Waals surface area contributed by atoms with E-state index in [1.165, 1.54) is 213 Å². The molecule has 5 heterocycles. The summed E-state index contributed by atoms with van der Waals surface area (Å²) in [5.41, 5.74) is 0. The lowest BCUT2D eigenvalue weighted by atomic mass is 10.00. The van der Waals surface area contributed by atoms with Gasteiger partial charge in [-0.1, -0.05) is 86.5 Å². The van der Waals surface area contributed by atoms with E-state index >= 15 is 0 Å². The summed E-state index contributed by atoms with van der Waals surface area (Å²) < 4.78 is 0. The molecule has 4 unspecified atom stereocenters. The molecule has 5 saturated heterocycles. The SMILES string of the molecule is CC(C)N1CCCCC1.CCC(C)N1CCCCC1.CCCC(CC)N1CCCCC1.CCCCN1CCCCC1C.CCCN1CCCCC1CC. The fourth-order valence-electron chi connectivity index (χ4n) is 9.27. The van der Waals surface area contributed by atoms with Gasteiger partial charge in [-0.05, 0) is 196 Å². The molecule has 0 amide bonds. The van der Waals surface area contributed by atoms with Crippen LogP contribution in [0.3, 0.4) is 0 Å². The summed E-state index contributed by atoms with van der Waals surface area (Å²) in [7, 11) is 0. The smallest absolute Gasteiger partial charge is 0.00926 e. The zero-order chi connectivity index (χ0) is 39.1. The summed E-state index contributed by atoms with van der Waals surface area (Å²) in [6.45, 7) is 36.5. The fourth-order valence-corrected chi connectivity index (χ4v) is 9.27. The Labute approximate surface area is 336 Å². The van der Waals surface area contributed by atoms with Gasteiger partial charge < -0.3 is 24.5 Å². The number of unbranched alkanes of at least 4 members (excludes halogenated alkanes) is 1. The van der Waals surface area contributed by atoms with Crippen LogP contribution in [0.25, 0.3) is 0 Å². The molecule has 0 aliphatic carbocycles. The fraction of sp³-hybridized carbons (Fsp3) is 1.00. The van der Waals surface area contributed by atoms with E-state index in [4.69, 9.17) is 0 Å². The van der Waals surface area contributed by atoms with Crippen LogP contribution in [0, 0.1) is 0 Å². The third-order valence-electron chi connectivity index (χ3n) is 13.2. The molecule has 5 aliphatic heterocycles. The predicted octanol–water partition coefficient (Wildman–Crippen LogP) is 12.5. The number of rotatable bonds is 13. The molecule has 0 radical (unpaired) electrons. The quantitative estimate of drug-likeness (QED) is 0.186. The van der Waals surface area contributed by atoms with Gasteiger partial charge in [-0.15, -0.1) is 0 Å². The van der Waals surface area contributed by atoms with Crippen LogP contribution in [-0.2, 0) is 0 Å². The molecule has 4 atom stereocenters. The second-order valence-electron chi connectivity index (χ2n) is 17.8. The maximum absolute atomic E-state index is 2.70. The highest BCUT2D eigenvalue weighted by molar-refractivity contribution is 4.76. The van der Waals surface area contributed by atoms with Crippen molar-refractivity contribution in [3.05, 3.63) is 0 Å². The number of piperidine rings is 5. The van der Waals surface area contributed by atoms with Gasteiger partial charge in [0.2, 0.25) is 0 Å². The Morgan fingerprint density at radius 1 is 0.472 bits per heavy atom. The summed E-state index contributed by atoms with van der Waals surface area (Å²) >= 11 is 0. The largest absolute Gasteiger partial charge is 0.301 e. The van der Waals surface area contributed by atoms with Gasteiger partial charge >= 0.3 is 0 Å². The van der Waals surface area contributed by atoms with E-state index in [9.17, 15) is 0 Å². The monoisotopic (exact) mass is 748 g/mol. The molecule has 5 heteroatoms. The van der Waals surface area contributed by atoms with E-state index in [1.54, 1.807) is 0 Å². The number of likely N-dealkylation sites (tertiary alicyclic amines) is 5. The Hall–Kier alpha value is -0.200. The highest BCUT2D eigenvalue weighted by Gasteiger charge is 2.20. The van der Waals surface area contributed by atoms with Crippen molar-refractivity contribution in [3.63, 3.8) is 0 Å². The van der Waals surface area contributed by atoms with Crippen molar-refractivity contribution in [1.29, 1.82) is 0 Å². The molecule has 0 bridgehead atoms. The Bertz CT molecular complexity index is 750. The van der Waals surface area contributed by atoms with Gasteiger partial charge in [-0.2, -0.15) is 0 Å². The molecular formula is C48H101N5. The first kappa shape index (κ1) is 50.8.